The molecule has 224 valence electrons. The van der Waals surface area contributed by atoms with Crippen LogP contribution in [0.2, 0.25) is 5.02 Å². The number of nitrogens with one attached hydrogen (secondary N) is 1. The highest BCUT2D eigenvalue weighted by Gasteiger charge is 2.33. The van der Waals surface area contributed by atoms with Crippen molar-refractivity contribution in [3.63, 3.8) is 0 Å². The SMILES string of the molecule is CN(C)Cc1cc(Nc2nc3ncc(Oc4cnn5cc(N(C)C(=O)C6CC6)ncc45)c(Cl)c3n2C)cc(C(F)(F)F)c1. The molecule has 15 heteroatoms. The Morgan fingerprint density at radius 1 is 1.12 bits per heavy atom. The summed E-state index contributed by atoms with van der Waals surface area (Å²) >= 11 is 6.74. The summed E-state index contributed by atoms with van der Waals surface area (Å²) < 4.78 is 50.0. The number of alkyl halides is 3. The molecule has 11 nitrogen and oxygen atoms in total. The molecule has 0 saturated heterocycles. The number of benzene rings is 1. The first-order chi connectivity index (χ1) is 20.4. The molecule has 1 fully saturated rings. The van der Waals surface area contributed by atoms with E-state index in [4.69, 9.17) is 16.3 Å². The minimum Gasteiger partial charge on any atom is -0.450 e. The fourth-order valence-electron chi connectivity index (χ4n) is 4.75. The van der Waals surface area contributed by atoms with E-state index < -0.39 is 11.7 Å². The van der Waals surface area contributed by atoms with Crippen molar-refractivity contribution in [1.29, 1.82) is 0 Å². The summed E-state index contributed by atoms with van der Waals surface area (Å²) in [7, 11) is 6.92. The Morgan fingerprint density at radius 3 is 2.58 bits per heavy atom. The maximum atomic E-state index is 13.6. The van der Waals surface area contributed by atoms with Crippen LogP contribution in [0.3, 0.4) is 0 Å². The molecule has 43 heavy (non-hydrogen) atoms. The third-order valence-corrected chi connectivity index (χ3v) is 7.42. The molecule has 1 amide bonds. The Labute approximate surface area is 248 Å². The highest BCUT2D eigenvalue weighted by Crippen LogP contribution is 2.38. The van der Waals surface area contributed by atoms with Gasteiger partial charge in [-0.15, -0.1) is 0 Å². The lowest BCUT2D eigenvalue weighted by atomic mass is 10.1. The van der Waals surface area contributed by atoms with Crippen LogP contribution in [0.15, 0.2) is 43.0 Å². The normalized spacial score (nSPS) is 13.7. The van der Waals surface area contributed by atoms with Gasteiger partial charge in [-0.25, -0.2) is 14.5 Å². The van der Waals surface area contributed by atoms with E-state index >= 15 is 0 Å². The zero-order valence-electron chi connectivity index (χ0n) is 23.6. The predicted octanol–water partition coefficient (Wildman–Crippen LogP) is 5.65. The second-order valence-electron chi connectivity index (χ2n) is 10.7. The van der Waals surface area contributed by atoms with E-state index in [-0.39, 0.29) is 39.9 Å². The Balaban J connectivity index is 1.28. The standard InChI is InChI=1S/C28H27ClF3N9O2/c1-38(2)13-15-7-17(28(30,31)32)9-18(8-15)36-27-37-25-24(40(27)4)23(29)21(11-34-25)43-20-12-35-41-14-22(33-10-19(20)41)39(3)26(42)16-5-6-16/h7-12,14,16H,5-6,13H2,1-4H3,(H,34,36,37). The van der Waals surface area contributed by atoms with Crippen LogP contribution in [0.1, 0.15) is 24.0 Å². The molecule has 5 aromatic rings. The van der Waals surface area contributed by atoms with Crippen LogP contribution < -0.4 is 15.0 Å². The smallest absolute Gasteiger partial charge is 0.416 e. The number of fused-ring (bicyclic) bond motifs is 2. The molecular formula is C28H27ClF3N9O2. The van der Waals surface area contributed by atoms with E-state index in [0.29, 0.717) is 34.7 Å². The monoisotopic (exact) mass is 613 g/mol. The highest BCUT2D eigenvalue weighted by atomic mass is 35.5. The minimum absolute atomic E-state index is 0.0220. The van der Waals surface area contributed by atoms with Gasteiger partial charge in [-0.2, -0.15) is 23.3 Å². The van der Waals surface area contributed by atoms with E-state index in [1.807, 2.05) is 0 Å². The van der Waals surface area contributed by atoms with Gasteiger partial charge in [0.05, 0.1) is 30.4 Å². The third-order valence-electron chi connectivity index (χ3n) is 7.06. The number of hydrogen-bond acceptors (Lipinski definition) is 8. The van der Waals surface area contributed by atoms with Crippen LogP contribution in [-0.4, -0.2) is 61.1 Å². The Bertz CT molecular complexity index is 1860. The number of carbonyl (C=O) groups is 1. The van der Waals surface area contributed by atoms with Crippen molar-refractivity contribution in [1.82, 2.24) is 34.0 Å². The van der Waals surface area contributed by atoms with Crippen molar-refractivity contribution < 1.29 is 22.7 Å². The summed E-state index contributed by atoms with van der Waals surface area (Å²) in [6, 6.07) is 3.81. The van der Waals surface area contributed by atoms with Gasteiger partial charge in [-0.05, 0) is 50.7 Å². The van der Waals surface area contributed by atoms with Crippen molar-refractivity contribution >= 4 is 51.6 Å². The molecule has 1 aliphatic rings. The van der Waals surface area contributed by atoms with Crippen molar-refractivity contribution in [2.24, 2.45) is 13.0 Å². The van der Waals surface area contributed by atoms with Gasteiger partial charge in [-0.1, -0.05) is 11.6 Å². The summed E-state index contributed by atoms with van der Waals surface area (Å²) in [5.74, 6) is 1.36. The van der Waals surface area contributed by atoms with Crippen molar-refractivity contribution in [3.8, 4) is 11.5 Å². The number of anilines is 3. The Morgan fingerprint density at radius 2 is 1.88 bits per heavy atom. The molecule has 0 radical (unpaired) electrons. The van der Waals surface area contributed by atoms with Gasteiger partial charge >= 0.3 is 6.18 Å². The zero-order valence-corrected chi connectivity index (χ0v) is 24.4. The number of hydrogen-bond donors (Lipinski definition) is 1. The van der Waals surface area contributed by atoms with Gasteiger partial charge < -0.3 is 19.5 Å². The number of halogens is 4. The first kappa shape index (κ1) is 28.7. The average molecular weight is 614 g/mol. The van der Waals surface area contributed by atoms with Gasteiger partial charge in [0, 0.05) is 32.2 Å². The van der Waals surface area contributed by atoms with E-state index in [2.05, 4.69) is 25.4 Å². The lowest BCUT2D eigenvalue weighted by Crippen LogP contribution is -2.28. The van der Waals surface area contributed by atoms with Gasteiger partial charge in [-0.3, -0.25) is 9.69 Å². The van der Waals surface area contributed by atoms with Gasteiger partial charge in [0.15, 0.2) is 23.0 Å². The summed E-state index contributed by atoms with van der Waals surface area (Å²) in [5.41, 5.74) is 1.18. The molecule has 1 saturated carbocycles. The number of carbonyl (C=O) groups excluding carboxylic acids is 1. The number of amides is 1. The predicted molar refractivity (Wildman–Crippen MR) is 155 cm³/mol. The van der Waals surface area contributed by atoms with Crippen LogP contribution in [-0.2, 0) is 24.6 Å². The van der Waals surface area contributed by atoms with Gasteiger partial charge in [0.1, 0.15) is 16.1 Å². The van der Waals surface area contributed by atoms with Crippen LogP contribution >= 0.6 is 11.6 Å². The molecule has 0 aliphatic heterocycles. The Hall–Kier alpha value is -4.43. The second kappa shape index (κ2) is 10.7. The van der Waals surface area contributed by atoms with Gasteiger partial charge in [0.2, 0.25) is 11.9 Å². The summed E-state index contributed by atoms with van der Waals surface area (Å²) in [5, 5.41) is 7.51. The summed E-state index contributed by atoms with van der Waals surface area (Å²) in [6.45, 7) is 0.324. The molecule has 1 aromatic carbocycles. The maximum absolute atomic E-state index is 13.6. The van der Waals surface area contributed by atoms with Gasteiger partial charge in [0.25, 0.3) is 0 Å². The maximum Gasteiger partial charge on any atom is 0.416 e. The number of aromatic nitrogens is 6. The number of imidazole rings is 1. The van der Waals surface area contributed by atoms with Crippen LogP contribution in [0.5, 0.6) is 11.5 Å². The number of aryl methyl sites for hydroxylation is 1. The minimum atomic E-state index is -4.51. The lowest BCUT2D eigenvalue weighted by Gasteiger charge is -2.16. The van der Waals surface area contributed by atoms with Crippen molar-refractivity contribution in [3.05, 3.63) is 59.1 Å². The largest absolute Gasteiger partial charge is 0.450 e. The van der Waals surface area contributed by atoms with Crippen LogP contribution in [0, 0.1) is 5.92 Å². The molecule has 0 unspecified atom stereocenters. The fourth-order valence-corrected chi connectivity index (χ4v) is 5.05. The highest BCUT2D eigenvalue weighted by molar-refractivity contribution is 6.36. The fraction of sp³-hybridized carbons (Fsp3) is 0.321. The van der Waals surface area contributed by atoms with E-state index in [1.165, 1.54) is 17.3 Å². The molecule has 4 aromatic heterocycles. The van der Waals surface area contributed by atoms with E-state index in [0.717, 1.165) is 25.0 Å². The average Bonchev–Trinajstić information content (AvgIpc) is 3.65. The zero-order chi connectivity index (χ0) is 30.6. The van der Waals surface area contributed by atoms with Crippen molar-refractivity contribution in [2.45, 2.75) is 25.6 Å². The summed E-state index contributed by atoms with van der Waals surface area (Å²) in [4.78, 5) is 28.9. The molecule has 1 aliphatic carbocycles. The Kier molecular flexibility index (Phi) is 7.13. The van der Waals surface area contributed by atoms with E-state index in [9.17, 15) is 18.0 Å². The first-order valence-electron chi connectivity index (χ1n) is 13.3. The topological polar surface area (TPSA) is 106 Å². The van der Waals surface area contributed by atoms with Crippen LogP contribution in [0.25, 0.3) is 16.7 Å². The second-order valence-corrected chi connectivity index (χ2v) is 11.1. The number of nitrogens with zero attached hydrogens (tertiary/aromatic N) is 8. The number of ether oxygens (including phenoxy) is 1. The molecule has 4 heterocycles. The lowest BCUT2D eigenvalue weighted by molar-refractivity contribution is -0.137. The van der Waals surface area contributed by atoms with E-state index in [1.54, 1.807) is 60.6 Å². The number of rotatable bonds is 8. The number of pyridine rings is 1. The van der Waals surface area contributed by atoms with Crippen molar-refractivity contribution in [2.75, 3.05) is 31.4 Å². The van der Waals surface area contributed by atoms with Crippen LogP contribution in [0.4, 0.5) is 30.6 Å². The molecule has 0 bridgehead atoms. The molecule has 0 spiro atoms. The molecule has 0 atom stereocenters. The molecule has 1 N–H and O–H groups in total. The third kappa shape index (κ3) is 5.67. The first-order valence-corrected chi connectivity index (χ1v) is 13.7. The molecular weight excluding hydrogens is 587 g/mol. The summed E-state index contributed by atoms with van der Waals surface area (Å²) in [6.07, 6.45) is 3.38. The quantitative estimate of drug-likeness (QED) is 0.239. The molecule has 6 rings (SSSR count).